The summed E-state index contributed by atoms with van der Waals surface area (Å²) in [6.07, 6.45) is 5.13. The predicted octanol–water partition coefficient (Wildman–Crippen LogP) is 3.85. The highest BCUT2D eigenvalue weighted by molar-refractivity contribution is 5.97. The van der Waals surface area contributed by atoms with E-state index >= 15 is 0 Å². The minimum absolute atomic E-state index is 0.0834. The minimum atomic E-state index is -0.255. The van der Waals surface area contributed by atoms with E-state index in [1.807, 2.05) is 33.8 Å². The SMILES string of the molecule is O=C(c1ccc2cnn(Cc3cccc(F)c3)c2c1)N1CCCCC1. The summed E-state index contributed by atoms with van der Waals surface area (Å²) >= 11 is 0. The number of piperidine rings is 1. The quantitative estimate of drug-likeness (QED) is 0.728. The molecule has 3 aromatic rings. The van der Waals surface area contributed by atoms with Gasteiger partial charge in [0, 0.05) is 24.0 Å². The highest BCUT2D eigenvalue weighted by Crippen LogP contribution is 2.20. The van der Waals surface area contributed by atoms with Crippen LogP contribution in [-0.2, 0) is 6.54 Å². The molecule has 0 unspecified atom stereocenters. The molecule has 25 heavy (non-hydrogen) atoms. The normalized spacial score (nSPS) is 14.8. The molecule has 5 heteroatoms. The number of amides is 1. The average molecular weight is 337 g/mol. The van der Waals surface area contributed by atoms with Crippen LogP contribution in [0.15, 0.2) is 48.7 Å². The van der Waals surface area contributed by atoms with Crippen LogP contribution in [0.3, 0.4) is 0 Å². The molecule has 1 aliphatic rings. The van der Waals surface area contributed by atoms with Crippen molar-refractivity contribution in [3.63, 3.8) is 0 Å². The molecule has 1 aromatic heterocycles. The van der Waals surface area contributed by atoms with E-state index in [0.717, 1.165) is 42.4 Å². The van der Waals surface area contributed by atoms with Gasteiger partial charge in [-0.3, -0.25) is 9.48 Å². The molecule has 1 saturated heterocycles. The Labute approximate surface area is 145 Å². The lowest BCUT2D eigenvalue weighted by atomic mass is 10.1. The molecule has 1 aliphatic heterocycles. The van der Waals surface area contributed by atoms with E-state index in [1.54, 1.807) is 12.3 Å². The number of hydrogen-bond donors (Lipinski definition) is 0. The summed E-state index contributed by atoms with van der Waals surface area (Å²) in [5.41, 5.74) is 2.43. The van der Waals surface area contributed by atoms with E-state index in [9.17, 15) is 9.18 Å². The molecule has 0 saturated carbocycles. The first kappa shape index (κ1) is 15.8. The molecular weight excluding hydrogens is 317 g/mol. The van der Waals surface area contributed by atoms with Gasteiger partial charge in [0.2, 0.25) is 0 Å². The van der Waals surface area contributed by atoms with Gasteiger partial charge in [-0.25, -0.2) is 4.39 Å². The van der Waals surface area contributed by atoms with Crippen LogP contribution >= 0.6 is 0 Å². The predicted molar refractivity (Wildman–Crippen MR) is 95.0 cm³/mol. The van der Waals surface area contributed by atoms with Gasteiger partial charge in [-0.1, -0.05) is 18.2 Å². The number of likely N-dealkylation sites (tertiary alicyclic amines) is 1. The molecule has 0 radical (unpaired) electrons. The van der Waals surface area contributed by atoms with Gasteiger partial charge >= 0.3 is 0 Å². The maximum absolute atomic E-state index is 13.4. The third kappa shape index (κ3) is 3.27. The van der Waals surface area contributed by atoms with Gasteiger partial charge in [0.05, 0.1) is 18.3 Å². The van der Waals surface area contributed by atoms with Crippen molar-refractivity contribution in [1.29, 1.82) is 0 Å². The second kappa shape index (κ2) is 6.67. The van der Waals surface area contributed by atoms with E-state index in [0.29, 0.717) is 12.1 Å². The number of carbonyl (C=O) groups is 1. The molecule has 2 heterocycles. The molecule has 4 rings (SSSR count). The lowest BCUT2D eigenvalue weighted by molar-refractivity contribution is 0.0724. The molecule has 4 nitrogen and oxygen atoms in total. The summed E-state index contributed by atoms with van der Waals surface area (Å²) in [7, 11) is 0. The van der Waals surface area contributed by atoms with Crippen LogP contribution in [0.1, 0.15) is 35.2 Å². The standard InChI is InChI=1S/C20H20FN3O/c21-18-6-4-5-15(11-18)14-24-19-12-16(7-8-17(19)13-22-24)20(25)23-9-2-1-3-10-23/h4-8,11-13H,1-3,9-10,14H2. The van der Waals surface area contributed by atoms with Crippen LogP contribution in [0.4, 0.5) is 4.39 Å². The zero-order chi connectivity index (χ0) is 17.2. The topological polar surface area (TPSA) is 38.1 Å². The van der Waals surface area contributed by atoms with Crippen molar-refractivity contribution in [3.8, 4) is 0 Å². The summed E-state index contributed by atoms with van der Waals surface area (Å²) in [5.74, 6) is -0.171. The van der Waals surface area contributed by atoms with Crippen LogP contribution in [0.25, 0.3) is 10.9 Å². The molecule has 0 N–H and O–H groups in total. The first-order valence-electron chi connectivity index (χ1n) is 8.70. The molecular formula is C20H20FN3O. The van der Waals surface area contributed by atoms with Crippen molar-refractivity contribution in [3.05, 3.63) is 65.6 Å². The molecule has 0 bridgehead atoms. The van der Waals surface area contributed by atoms with Gasteiger partial charge in [-0.2, -0.15) is 5.10 Å². The zero-order valence-electron chi connectivity index (χ0n) is 14.0. The number of hydrogen-bond acceptors (Lipinski definition) is 2. The van der Waals surface area contributed by atoms with Crippen LogP contribution in [0.5, 0.6) is 0 Å². The number of aromatic nitrogens is 2. The Morgan fingerprint density at radius 1 is 1.08 bits per heavy atom. The number of fused-ring (bicyclic) bond motifs is 1. The molecule has 1 fully saturated rings. The highest BCUT2D eigenvalue weighted by atomic mass is 19.1. The van der Waals surface area contributed by atoms with Crippen molar-refractivity contribution < 1.29 is 9.18 Å². The Morgan fingerprint density at radius 2 is 1.92 bits per heavy atom. The zero-order valence-corrected chi connectivity index (χ0v) is 14.0. The first-order valence-corrected chi connectivity index (χ1v) is 8.70. The summed E-state index contributed by atoms with van der Waals surface area (Å²) in [6.45, 7) is 2.14. The minimum Gasteiger partial charge on any atom is -0.339 e. The number of benzene rings is 2. The fourth-order valence-electron chi connectivity index (χ4n) is 3.42. The maximum atomic E-state index is 13.4. The van der Waals surface area contributed by atoms with E-state index in [4.69, 9.17) is 0 Å². The van der Waals surface area contributed by atoms with Crippen molar-refractivity contribution in [2.75, 3.05) is 13.1 Å². The van der Waals surface area contributed by atoms with E-state index in [1.165, 1.54) is 18.6 Å². The van der Waals surface area contributed by atoms with Crippen molar-refractivity contribution >= 4 is 16.8 Å². The molecule has 0 aliphatic carbocycles. The van der Waals surface area contributed by atoms with Crippen molar-refractivity contribution in [2.45, 2.75) is 25.8 Å². The van der Waals surface area contributed by atoms with Crippen LogP contribution in [0.2, 0.25) is 0 Å². The summed E-state index contributed by atoms with van der Waals surface area (Å²) in [5, 5.41) is 5.38. The molecule has 128 valence electrons. The first-order chi connectivity index (χ1) is 12.2. The van der Waals surface area contributed by atoms with Gasteiger partial charge in [0.15, 0.2) is 0 Å². The third-order valence-electron chi connectivity index (χ3n) is 4.76. The Kier molecular flexibility index (Phi) is 4.22. The Morgan fingerprint density at radius 3 is 2.72 bits per heavy atom. The van der Waals surface area contributed by atoms with Crippen LogP contribution in [-0.4, -0.2) is 33.7 Å². The van der Waals surface area contributed by atoms with Crippen molar-refractivity contribution in [1.82, 2.24) is 14.7 Å². The molecule has 1 amide bonds. The van der Waals surface area contributed by atoms with Crippen molar-refractivity contribution in [2.24, 2.45) is 0 Å². The monoisotopic (exact) mass is 337 g/mol. The fraction of sp³-hybridized carbons (Fsp3) is 0.300. The van der Waals surface area contributed by atoms with Gasteiger partial charge in [-0.05, 0) is 49.1 Å². The molecule has 2 aromatic carbocycles. The van der Waals surface area contributed by atoms with Crippen LogP contribution in [0, 0.1) is 5.82 Å². The second-order valence-electron chi connectivity index (χ2n) is 6.56. The maximum Gasteiger partial charge on any atom is 0.253 e. The Hall–Kier alpha value is -2.69. The second-order valence-corrected chi connectivity index (χ2v) is 6.56. The number of rotatable bonds is 3. The average Bonchev–Trinajstić information content (AvgIpc) is 3.04. The summed E-state index contributed by atoms with van der Waals surface area (Å²) in [4.78, 5) is 14.7. The largest absolute Gasteiger partial charge is 0.339 e. The Bertz CT molecular complexity index is 912. The number of halogens is 1. The lowest BCUT2D eigenvalue weighted by Gasteiger charge is -2.26. The molecule has 0 atom stereocenters. The number of carbonyl (C=O) groups excluding carboxylic acids is 1. The summed E-state index contributed by atoms with van der Waals surface area (Å²) in [6, 6.07) is 12.2. The lowest BCUT2D eigenvalue weighted by Crippen LogP contribution is -2.35. The molecule has 0 spiro atoms. The highest BCUT2D eigenvalue weighted by Gasteiger charge is 2.19. The smallest absolute Gasteiger partial charge is 0.253 e. The third-order valence-corrected chi connectivity index (χ3v) is 4.76. The van der Waals surface area contributed by atoms with Gasteiger partial charge in [0.25, 0.3) is 5.91 Å². The van der Waals surface area contributed by atoms with E-state index < -0.39 is 0 Å². The fourth-order valence-corrected chi connectivity index (χ4v) is 3.42. The van der Waals surface area contributed by atoms with E-state index in [-0.39, 0.29) is 11.7 Å². The number of nitrogens with zero attached hydrogens (tertiary/aromatic N) is 3. The van der Waals surface area contributed by atoms with Gasteiger partial charge < -0.3 is 4.90 Å². The van der Waals surface area contributed by atoms with Gasteiger partial charge in [0.1, 0.15) is 5.82 Å². The Balaban J connectivity index is 1.64. The van der Waals surface area contributed by atoms with Gasteiger partial charge in [-0.15, -0.1) is 0 Å². The van der Waals surface area contributed by atoms with E-state index in [2.05, 4.69) is 5.10 Å². The van der Waals surface area contributed by atoms with Crippen LogP contribution < -0.4 is 0 Å². The summed E-state index contributed by atoms with van der Waals surface area (Å²) < 4.78 is 15.2.